The van der Waals surface area contributed by atoms with Gasteiger partial charge in [-0.15, -0.1) is 11.3 Å². The summed E-state index contributed by atoms with van der Waals surface area (Å²) in [6.45, 7) is 6.18. The van der Waals surface area contributed by atoms with Crippen molar-refractivity contribution in [3.8, 4) is 0 Å². The molecule has 1 fully saturated rings. The van der Waals surface area contributed by atoms with Crippen LogP contribution in [0, 0.1) is 5.92 Å². The second kappa shape index (κ2) is 8.82. The van der Waals surface area contributed by atoms with Crippen LogP contribution in [0.4, 0.5) is 5.69 Å². The van der Waals surface area contributed by atoms with Crippen molar-refractivity contribution in [1.82, 2.24) is 9.62 Å². The largest absolute Gasteiger partial charge is 0.368 e. The lowest BCUT2D eigenvalue weighted by Gasteiger charge is -2.38. The van der Waals surface area contributed by atoms with Crippen LogP contribution in [-0.2, 0) is 14.8 Å². The van der Waals surface area contributed by atoms with Crippen molar-refractivity contribution >= 4 is 44.6 Å². The van der Waals surface area contributed by atoms with Gasteiger partial charge in [0, 0.05) is 36.9 Å². The zero-order chi connectivity index (χ0) is 20.3. The van der Waals surface area contributed by atoms with E-state index in [0.29, 0.717) is 31.2 Å². The highest BCUT2D eigenvalue weighted by Gasteiger charge is 2.33. The molecular weight excluding hydrogens is 418 g/mol. The molecular formula is C19H24ClN3O3S2. The standard InChI is InChI=1S/C19H24ClN3O3S2/c1-14(2)18(21-28(25,26)17-4-3-13-27-17)19(24)23-11-9-22(10-12-23)16-7-5-15(20)6-8-16/h3-8,13-14,18,21H,9-12H2,1-2H3. The molecule has 1 saturated heterocycles. The average Bonchev–Trinajstić information content (AvgIpc) is 3.22. The smallest absolute Gasteiger partial charge is 0.250 e. The van der Waals surface area contributed by atoms with E-state index in [1.807, 2.05) is 38.1 Å². The van der Waals surface area contributed by atoms with Crippen LogP contribution in [0.1, 0.15) is 13.8 Å². The molecule has 9 heteroatoms. The minimum Gasteiger partial charge on any atom is -0.368 e. The minimum absolute atomic E-state index is 0.156. The molecule has 1 unspecified atom stereocenters. The van der Waals surface area contributed by atoms with Crippen molar-refractivity contribution < 1.29 is 13.2 Å². The number of benzene rings is 1. The van der Waals surface area contributed by atoms with Crippen LogP contribution in [0.5, 0.6) is 0 Å². The molecule has 1 N–H and O–H groups in total. The van der Waals surface area contributed by atoms with Crippen molar-refractivity contribution in [2.24, 2.45) is 5.92 Å². The number of thiophene rings is 1. The van der Waals surface area contributed by atoms with Crippen molar-refractivity contribution in [2.75, 3.05) is 31.1 Å². The Hall–Kier alpha value is -1.61. The van der Waals surface area contributed by atoms with Gasteiger partial charge in [0.25, 0.3) is 10.0 Å². The zero-order valence-electron chi connectivity index (χ0n) is 15.8. The highest BCUT2D eigenvalue weighted by molar-refractivity contribution is 7.91. The first-order valence-corrected chi connectivity index (χ1v) is 11.9. The van der Waals surface area contributed by atoms with E-state index in [0.717, 1.165) is 17.0 Å². The Balaban J connectivity index is 1.65. The molecule has 2 aromatic rings. The molecule has 28 heavy (non-hydrogen) atoms. The maximum atomic E-state index is 13.0. The predicted octanol–water partition coefficient (Wildman–Crippen LogP) is 3.05. The molecule has 1 aromatic carbocycles. The van der Waals surface area contributed by atoms with Gasteiger partial charge in [0.05, 0.1) is 0 Å². The Morgan fingerprint density at radius 3 is 2.29 bits per heavy atom. The average molecular weight is 442 g/mol. The Kier molecular flexibility index (Phi) is 6.65. The summed E-state index contributed by atoms with van der Waals surface area (Å²) in [6, 6.07) is 10.1. The molecule has 3 rings (SSSR count). The second-order valence-electron chi connectivity index (χ2n) is 7.06. The Labute approximate surface area is 175 Å². The normalized spacial score (nSPS) is 16.4. The molecule has 2 heterocycles. The molecule has 0 spiro atoms. The molecule has 152 valence electrons. The Morgan fingerprint density at radius 2 is 1.75 bits per heavy atom. The number of piperazine rings is 1. The maximum absolute atomic E-state index is 13.0. The van der Waals surface area contributed by atoms with Gasteiger partial charge in [0.1, 0.15) is 10.3 Å². The summed E-state index contributed by atoms with van der Waals surface area (Å²) in [7, 11) is -3.70. The van der Waals surface area contributed by atoms with Crippen LogP contribution in [0.2, 0.25) is 5.02 Å². The number of nitrogens with one attached hydrogen (secondary N) is 1. The SMILES string of the molecule is CC(C)C(NS(=O)(=O)c1cccs1)C(=O)N1CCN(c2ccc(Cl)cc2)CC1. The van der Waals surface area contributed by atoms with Gasteiger partial charge in [-0.25, -0.2) is 8.42 Å². The highest BCUT2D eigenvalue weighted by Crippen LogP contribution is 2.21. The minimum atomic E-state index is -3.70. The zero-order valence-corrected chi connectivity index (χ0v) is 18.2. The molecule has 0 radical (unpaired) electrons. The number of nitrogens with zero attached hydrogens (tertiary/aromatic N) is 2. The maximum Gasteiger partial charge on any atom is 0.250 e. The number of carbonyl (C=O) groups excluding carboxylic acids is 1. The lowest BCUT2D eigenvalue weighted by atomic mass is 10.0. The topological polar surface area (TPSA) is 69.7 Å². The van der Waals surface area contributed by atoms with E-state index >= 15 is 0 Å². The fraction of sp³-hybridized carbons (Fsp3) is 0.421. The van der Waals surface area contributed by atoms with E-state index in [-0.39, 0.29) is 16.0 Å². The molecule has 1 aromatic heterocycles. The van der Waals surface area contributed by atoms with Crippen LogP contribution in [0.15, 0.2) is 46.0 Å². The summed E-state index contributed by atoms with van der Waals surface area (Å²) in [5.41, 5.74) is 1.07. The summed E-state index contributed by atoms with van der Waals surface area (Å²) in [5.74, 6) is -0.331. The van der Waals surface area contributed by atoms with Gasteiger partial charge in [0.15, 0.2) is 0 Å². The number of amides is 1. The van der Waals surface area contributed by atoms with Crippen LogP contribution >= 0.6 is 22.9 Å². The number of hydrogen-bond donors (Lipinski definition) is 1. The molecule has 0 aliphatic carbocycles. The fourth-order valence-corrected chi connectivity index (χ4v) is 5.62. The second-order valence-corrected chi connectivity index (χ2v) is 10.4. The van der Waals surface area contributed by atoms with Gasteiger partial charge in [-0.05, 0) is 41.6 Å². The molecule has 0 bridgehead atoms. The quantitative estimate of drug-likeness (QED) is 0.747. The monoisotopic (exact) mass is 441 g/mol. The first kappa shape index (κ1) is 21.1. The molecule has 1 amide bonds. The Bertz CT molecular complexity index is 891. The van der Waals surface area contributed by atoms with E-state index in [9.17, 15) is 13.2 Å². The van der Waals surface area contributed by atoms with Gasteiger partial charge in [-0.2, -0.15) is 4.72 Å². The van der Waals surface area contributed by atoms with Gasteiger partial charge in [-0.1, -0.05) is 31.5 Å². The predicted molar refractivity (Wildman–Crippen MR) is 114 cm³/mol. The number of sulfonamides is 1. The van der Waals surface area contributed by atoms with Crippen molar-refractivity contribution in [3.05, 3.63) is 46.8 Å². The summed E-state index contributed by atoms with van der Waals surface area (Å²) in [5, 5.41) is 2.40. The van der Waals surface area contributed by atoms with E-state index in [4.69, 9.17) is 11.6 Å². The van der Waals surface area contributed by atoms with Gasteiger partial charge in [-0.3, -0.25) is 4.79 Å². The lowest BCUT2D eigenvalue weighted by molar-refractivity contribution is -0.134. The van der Waals surface area contributed by atoms with E-state index < -0.39 is 16.1 Å². The third-order valence-corrected chi connectivity index (χ3v) is 7.85. The van der Waals surface area contributed by atoms with E-state index in [1.54, 1.807) is 22.4 Å². The first-order valence-electron chi connectivity index (χ1n) is 9.13. The highest BCUT2D eigenvalue weighted by atomic mass is 35.5. The fourth-order valence-electron chi connectivity index (χ4n) is 3.15. The summed E-state index contributed by atoms with van der Waals surface area (Å²) >= 11 is 7.08. The number of hydrogen-bond acceptors (Lipinski definition) is 5. The summed E-state index contributed by atoms with van der Waals surface area (Å²) in [4.78, 5) is 17.0. The van der Waals surface area contributed by atoms with Crippen LogP contribution in [0.3, 0.4) is 0 Å². The molecule has 1 aliphatic heterocycles. The number of carbonyl (C=O) groups is 1. The van der Waals surface area contributed by atoms with E-state index in [1.165, 1.54) is 0 Å². The summed E-state index contributed by atoms with van der Waals surface area (Å²) in [6.07, 6.45) is 0. The third kappa shape index (κ3) is 4.86. The van der Waals surface area contributed by atoms with Crippen molar-refractivity contribution in [2.45, 2.75) is 24.1 Å². The molecule has 1 atom stereocenters. The van der Waals surface area contributed by atoms with Gasteiger partial charge < -0.3 is 9.80 Å². The van der Waals surface area contributed by atoms with Crippen LogP contribution < -0.4 is 9.62 Å². The Morgan fingerprint density at radius 1 is 1.11 bits per heavy atom. The number of halogens is 1. The van der Waals surface area contributed by atoms with Crippen molar-refractivity contribution in [3.63, 3.8) is 0 Å². The molecule has 6 nitrogen and oxygen atoms in total. The van der Waals surface area contributed by atoms with Crippen molar-refractivity contribution in [1.29, 1.82) is 0 Å². The van der Waals surface area contributed by atoms with Gasteiger partial charge >= 0.3 is 0 Å². The number of anilines is 1. The molecule has 1 aliphatic rings. The summed E-state index contributed by atoms with van der Waals surface area (Å²) < 4.78 is 28.0. The van der Waals surface area contributed by atoms with E-state index in [2.05, 4.69) is 9.62 Å². The van der Waals surface area contributed by atoms with Crippen LogP contribution in [-0.4, -0.2) is 51.4 Å². The first-order chi connectivity index (χ1) is 13.3. The number of rotatable bonds is 6. The van der Waals surface area contributed by atoms with Crippen LogP contribution in [0.25, 0.3) is 0 Å². The lowest BCUT2D eigenvalue weighted by Crippen LogP contribution is -2.56. The van der Waals surface area contributed by atoms with Gasteiger partial charge in [0.2, 0.25) is 5.91 Å². The third-order valence-electron chi connectivity index (χ3n) is 4.76. The molecule has 0 saturated carbocycles.